The van der Waals surface area contributed by atoms with E-state index in [2.05, 4.69) is 15.9 Å². The van der Waals surface area contributed by atoms with Gasteiger partial charge in [0.2, 0.25) is 0 Å². The van der Waals surface area contributed by atoms with Crippen LogP contribution in [0.25, 0.3) is 0 Å². The second-order valence-corrected chi connectivity index (χ2v) is 6.79. The molecule has 0 saturated carbocycles. The predicted molar refractivity (Wildman–Crippen MR) is 98.4 cm³/mol. The number of alkyl halides is 4. The molecule has 0 aromatic heterocycles. The number of nitro groups is 1. The SMILES string of the molecule is O=C(O)C(CCBr)c1cc(Oc2ccc(C(F)(F)F)cc2Cl)ccc1[N+](=O)[O-]. The minimum Gasteiger partial charge on any atom is -0.481 e. The molecule has 0 amide bonds. The summed E-state index contributed by atoms with van der Waals surface area (Å²) in [5.41, 5.74) is -1.45. The van der Waals surface area contributed by atoms with Crippen LogP contribution in [0.4, 0.5) is 18.9 Å². The van der Waals surface area contributed by atoms with Gasteiger partial charge in [-0.2, -0.15) is 13.2 Å². The van der Waals surface area contributed by atoms with Crippen LogP contribution < -0.4 is 4.74 Å². The minimum atomic E-state index is -4.58. The smallest absolute Gasteiger partial charge is 0.416 e. The zero-order valence-corrected chi connectivity index (χ0v) is 16.2. The maximum absolute atomic E-state index is 12.7. The third-order valence-electron chi connectivity index (χ3n) is 3.75. The van der Waals surface area contributed by atoms with E-state index >= 15 is 0 Å². The maximum Gasteiger partial charge on any atom is 0.416 e. The van der Waals surface area contributed by atoms with E-state index in [0.29, 0.717) is 6.07 Å². The molecule has 0 heterocycles. The number of carbonyl (C=O) groups is 1. The molecule has 0 aliphatic carbocycles. The van der Waals surface area contributed by atoms with Crippen LogP contribution in [0.2, 0.25) is 5.02 Å². The van der Waals surface area contributed by atoms with Crippen LogP contribution in [0.3, 0.4) is 0 Å². The number of rotatable bonds is 7. The van der Waals surface area contributed by atoms with Gasteiger partial charge in [0.25, 0.3) is 5.69 Å². The third kappa shape index (κ3) is 5.14. The molecule has 6 nitrogen and oxygen atoms in total. The van der Waals surface area contributed by atoms with Crippen LogP contribution in [0.5, 0.6) is 11.5 Å². The summed E-state index contributed by atoms with van der Waals surface area (Å²) in [5, 5.41) is 20.6. The van der Waals surface area contributed by atoms with Crippen molar-refractivity contribution in [1.82, 2.24) is 0 Å². The normalized spacial score (nSPS) is 12.5. The van der Waals surface area contributed by atoms with Crippen LogP contribution in [0.15, 0.2) is 36.4 Å². The molecule has 1 atom stereocenters. The van der Waals surface area contributed by atoms with Crippen LogP contribution in [0, 0.1) is 10.1 Å². The van der Waals surface area contributed by atoms with Gasteiger partial charge in [-0.15, -0.1) is 0 Å². The van der Waals surface area contributed by atoms with E-state index in [1.807, 2.05) is 0 Å². The quantitative estimate of drug-likeness (QED) is 0.296. The van der Waals surface area contributed by atoms with Gasteiger partial charge in [-0.25, -0.2) is 0 Å². The summed E-state index contributed by atoms with van der Waals surface area (Å²) < 4.78 is 43.6. The Morgan fingerprint density at radius 1 is 1.29 bits per heavy atom. The molecular weight excluding hydrogens is 471 g/mol. The Hall–Kier alpha value is -2.33. The Morgan fingerprint density at radius 2 is 1.96 bits per heavy atom. The monoisotopic (exact) mass is 481 g/mol. The van der Waals surface area contributed by atoms with Crippen molar-refractivity contribution in [3.8, 4) is 11.5 Å². The van der Waals surface area contributed by atoms with Gasteiger partial charge in [0.15, 0.2) is 0 Å². The Labute approximate surface area is 170 Å². The van der Waals surface area contributed by atoms with Crippen molar-refractivity contribution >= 4 is 39.2 Å². The highest BCUT2D eigenvalue weighted by molar-refractivity contribution is 9.09. The zero-order valence-electron chi connectivity index (χ0n) is 13.9. The number of nitro benzene ring substituents is 1. The van der Waals surface area contributed by atoms with Crippen LogP contribution in [0.1, 0.15) is 23.5 Å². The van der Waals surface area contributed by atoms with Gasteiger partial charge in [-0.05, 0) is 36.8 Å². The first-order chi connectivity index (χ1) is 13.0. The fraction of sp³-hybridized carbons (Fsp3) is 0.235. The number of nitrogens with zero attached hydrogens (tertiary/aromatic N) is 1. The van der Waals surface area contributed by atoms with Gasteiger partial charge >= 0.3 is 12.1 Å². The summed E-state index contributed by atoms with van der Waals surface area (Å²) in [4.78, 5) is 22.0. The second kappa shape index (κ2) is 8.78. The molecule has 0 radical (unpaired) electrons. The van der Waals surface area contributed by atoms with Gasteiger partial charge in [-0.1, -0.05) is 27.5 Å². The molecule has 2 aromatic carbocycles. The number of halogens is 5. The van der Waals surface area contributed by atoms with E-state index in [0.717, 1.165) is 18.2 Å². The summed E-state index contributed by atoms with van der Waals surface area (Å²) in [5.74, 6) is -2.54. The molecule has 0 spiro atoms. The predicted octanol–water partition coefficient (Wildman–Crippen LogP) is 6.01. The standard InChI is InChI=1S/C17H12BrClF3NO5/c18-6-5-11(16(24)25)12-8-10(2-3-14(12)23(26)27)28-15-4-1-9(7-13(15)19)17(20,21)22/h1-4,7-8,11H,5-6H2,(H,24,25). The van der Waals surface area contributed by atoms with Gasteiger partial charge in [0, 0.05) is 17.0 Å². The van der Waals surface area contributed by atoms with Gasteiger partial charge in [0.1, 0.15) is 11.5 Å². The molecule has 1 unspecified atom stereocenters. The molecule has 0 fully saturated rings. The van der Waals surface area contributed by atoms with E-state index in [9.17, 15) is 33.2 Å². The molecule has 1 N–H and O–H groups in total. The molecule has 2 aromatic rings. The van der Waals surface area contributed by atoms with Gasteiger partial charge in [-0.3, -0.25) is 14.9 Å². The Morgan fingerprint density at radius 3 is 2.46 bits per heavy atom. The van der Waals surface area contributed by atoms with Crippen LogP contribution >= 0.6 is 27.5 Å². The average Bonchev–Trinajstić information content (AvgIpc) is 2.60. The minimum absolute atomic E-state index is 0.00285. The number of carboxylic acids is 1. The van der Waals surface area contributed by atoms with Crippen molar-refractivity contribution in [2.75, 3.05) is 5.33 Å². The first-order valence-corrected chi connectivity index (χ1v) is 9.16. The van der Waals surface area contributed by atoms with E-state index in [1.54, 1.807) is 0 Å². The molecular formula is C17H12BrClF3NO5. The Bertz CT molecular complexity index is 907. The molecule has 150 valence electrons. The van der Waals surface area contributed by atoms with Crippen LogP contribution in [-0.2, 0) is 11.0 Å². The molecule has 11 heteroatoms. The van der Waals surface area contributed by atoms with E-state index < -0.39 is 34.2 Å². The summed E-state index contributed by atoms with van der Waals surface area (Å²) in [6, 6.07) is 5.94. The summed E-state index contributed by atoms with van der Waals surface area (Å²) in [6.07, 6.45) is -4.49. The third-order valence-corrected chi connectivity index (χ3v) is 4.51. The van der Waals surface area contributed by atoms with Crippen molar-refractivity contribution in [1.29, 1.82) is 0 Å². The summed E-state index contributed by atoms with van der Waals surface area (Å²) in [7, 11) is 0. The van der Waals surface area contributed by atoms with Gasteiger partial charge in [0.05, 0.1) is 21.4 Å². The first-order valence-electron chi connectivity index (χ1n) is 7.66. The number of hydrogen-bond donors (Lipinski definition) is 1. The van der Waals surface area contributed by atoms with Crippen molar-refractivity contribution < 1.29 is 32.7 Å². The van der Waals surface area contributed by atoms with Gasteiger partial charge < -0.3 is 9.84 Å². The average molecular weight is 483 g/mol. The highest BCUT2D eigenvalue weighted by Gasteiger charge is 2.31. The lowest BCUT2D eigenvalue weighted by Crippen LogP contribution is -2.14. The lowest BCUT2D eigenvalue weighted by atomic mass is 9.95. The van der Waals surface area contributed by atoms with Crippen LogP contribution in [-0.4, -0.2) is 21.3 Å². The lowest BCUT2D eigenvalue weighted by Gasteiger charge is -2.15. The Kier molecular flexibility index (Phi) is 6.89. The largest absolute Gasteiger partial charge is 0.481 e. The number of benzene rings is 2. The lowest BCUT2D eigenvalue weighted by molar-refractivity contribution is -0.385. The number of carboxylic acid groups (broad SMARTS) is 1. The molecule has 0 aliphatic rings. The fourth-order valence-corrected chi connectivity index (χ4v) is 3.13. The second-order valence-electron chi connectivity index (χ2n) is 5.59. The first kappa shape index (κ1) is 22.0. The number of hydrogen-bond acceptors (Lipinski definition) is 4. The van der Waals surface area contributed by atoms with Crippen molar-refractivity contribution in [2.24, 2.45) is 0 Å². The highest BCUT2D eigenvalue weighted by atomic mass is 79.9. The molecule has 0 saturated heterocycles. The zero-order chi connectivity index (χ0) is 21.1. The van der Waals surface area contributed by atoms with E-state index in [4.69, 9.17) is 16.3 Å². The topological polar surface area (TPSA) is 89.7 Å². The molecule has 0 aliphatic heterocycles. The van der Waals surface area contributed by atoms with E-state index in [-0.39, 0.29) is 33.8 Å². The van der Waals surface area contributed by atoms with Crippen molar-refractivity contribution in [2.45, 2.75) is 18.5 Å². The number of ether oxygens (including phenoxy) is 1. The molecule has 28 heavy (non-hydrogen) atoms. The fourth-order valence-electron chi connectivity index (χ4n) is 2.45. The maximum atomic E-state index is 12.7. The Balaban J connectivity index is 2.43. The summed E-state index contributed by atoms with van der Waals surface area (Å²) in [6.45, 7) is 0. The highest BCUT2D eigenvalue weighted by Crippen LogP contribution is 2.38. The van der Waals surface area contributed by atoms with E-state index in [1.165, 1.54) is 12.1 Å². The van der Waals surface area contributed by atoms with Crippen molar-refractivity contribution in [3.05, 3.63) is 62.7 Å². The summed E-state index contributed by atoms with van der Waals surface area (Å²) >= 11 is 8.94. The molecule has 2 rings (SSSR count). The molecule has 0 bridgehead atoms. The number of aliphatic carboxylic acids is 1. The van der Waals surface area contributed by atoms with Crippen molar-refractivity contribution in [3.63, 3.8) is 0 Å².